The number of benzene rings is 1. The predicted molar refractivity (Wildman–Crippen MR) is 91.7 cm³/mol. The van der Waals surface area contributed by atoms with E-state index in [-0.39, 0.29) is 6.61 Å². The summed E-state index contributed by atoms with van der Waals surface area (Å²) in [6.45, 7) is 4.11. The third kappa shape index (κ3) is 3.44. The molecule has 2 heterocycles. The maximum absolute atomic E-state index is 9.40. The first-order valence-electron chi connectivity index (χ1n) is 8.82. The highest BCUT2D eigenvalue weighted by Gasteiger charge is 2.33. The lowest BCUT2D eigenvalue weighted by Crippen LogP contribution is -2.54. The lowest BCUT2D eigenvalue weighted by molar-refractivity contribution is 0.134. The van der Waals surface area contributed by atoms with E-state index in [4.69, 9.17) is 4.52 Å². The molecule has 6 heteroatoms. The van der Waals surface area contributed by atoms with Gasteiger partial charge in [-0.05, 0) is 25.2 Å². The van der Waals surface area contributed by atoms with Gasteiger partial charge in [0, 0.05) is 44.4 Å². The quantitative estimate of drug-likeness (QED) is 0.875. The van der Waals surface area contributed by atoms with Gasteiger partial charge in [0.1, 0.15) is 0 Å². The molecule has 1 aliphatic carbocycles. The summed E-state index contributed by atoms with van der Waals surface area (Å²) in [6, 6.07) is 10.8. The van der Waals surface area contributed by atoms with Gasteiger partial charge in [0.15, 0.2) is 0 Å². The maximum Gasteiger partial charge on any atom is 0.324 e. The third-order valence-electron chi connectivity index (χ3n) is 4.97. The molecular weight excluding hydrogens is 304 g/mol. The van der Waals surface area contributed by atoms with Crippen molar-refractivity contribution in [2.75, 3.05) is 37.7 Å². The van der Waals surface area contributed by atoms with Crippen molar-refractivity contribution in [2.24, 2.45) is 5.92 Å². The van der Waals surface area contributed by atoms with Crippen molar-refractivity contribution in [2.45, 2.75) is 25.3 Å². The van der Waals surface area contributed by atoms with E-state index in [1.165, 1.54) is 12.8 Å². The average molecular weight is 328 g/mol. The lowest BCUT2D eigenvalue weighted by atomic mass is 10.1. The molecule has 1 saturated carbocycles. The van der Waals surface area contributed by atoms with Crippen LogP contribution in [0.4, 0.5) is 6.01 Å². The second-order valence-corrected chi connectivity index (χ2v) is 6.82. The Labute approximate surface area is 142 Å². The molecule has 1 aromatic heterocycles. The minimum Gasteiger partial charge on any atom is -0.396 e. The monoisotopic (exact) mass is 328 g/mol. The van der Waals surface area contributed by atoms with Crippen LogP contribution in [-0.2, 0) is 0 Å². The van der Waals surface area contributed by atoms with Crippen LogP contribution >= 0.6 is 0 Å². The summed E-state index contributed by atoms with van der Waals surface area (Å²) in [5, 5.41) is 13.5. The van der Waals surface area contributed by atoms with Gasteiger partial charge < -0.3 is 14.5 Å². The molecule has 2 aromatic rings. The van der Waals surface area contributed by atoms with E-state index in [1.54, 1.807) is 0 Å². The van der Waals surface area contributed by atoms with E-state index in [1.807, 2.05) is 30.3 Å². The van der Waals surface area contributed by atoms with Crippen molar-refractivity contribution >= 4 is 6.01 Å². The molecular formula is C18H24N4O2. The zero-order chi connectivity index (χ0) is 16.4. The minimum absolute atomic E-state index is 0.221. The SMILES string of the molecule is OCC[C@@H]1CN(c2nc(-c3ccccc3)no2)CCN1CC1CC1. The molecule has 1 aliphatic heterocycles. The van der Waals surface area contributed by atoms with Gasteiger partial charge >= 0.3 is 6.01 Å². The molecule has 2 fully saturated rings. The highest BCUT2D eigenvalue weighted by atomic mass is 16.5. The fourth-order valence-electron chi connectivity index (χ4n) is 3.41. The smallest absolute Gasteiger partial charge is 0.324 e. The number of nitrogens with zero attached hydrogens (tertiary/aromatic N) is 4. The van der Waals surface area contributed by atoms with Crippen LogP contribution in [0.15, 0.2) is 34.9 Å². The van der Waals surface area contributed by atoms with Crippen molar-refractivity contribution in [3.63, 3.8) is 0 Å². The molecule has 1 atom stereocenters. The Morgan fingerprint density at radius 2 is 2.00 bits per heavy atom. The van der Waals surface area contributed by atoms with Gasteiger partial charge in [-0.2, -0.15) is 4.98 Å². The van der Waals surface area contributed by atoms with Crippen molar-refractivity contribution in [3.8, 4) is 11.4 Å². The molecule has 0 amide bonds. The summed E-state index contributed by atoms with van der Waals surface area (Å²) in [5.41, 5.74) is 0.965. The number of hydrogen-bond donors (Lipinski definition) is 1. The molecule has 24 heavy (non-hydrogen) atoms. The van der Waals surface area contributed by atoms with Gasteiger partial charge in [0.25, 0.3) is 0 Å². The molecule has 1 saturated heterocycles. The fraction of sp³-hybridized carbons (Fsp3) is 0.556. The Hall–Kier alpha value is -1.92. The zero-order valence-electron chi connectivity index (χ0n) is 13.8. The van der Waals surface area contributed by atoms with Crippen molar-refractivity contribution in [3.05, 3.63) is 30.3 Å². The Kier molecular flexibility index (Phi) is 4.49. The summed E-state index contributed by atoms with van der Waals surface area (Å²) >= 11 is 0. The number of aliphatic hydroxyl groups excluding tert-OH is 1. The van der Waals surface area contributed by atoms with E-state index < -0.39 is 0 Å². The van der Waals surface area contributed by atoms with Crippen LogP contribution in [0.2, 0.25) is 0 Å². The van der Waals surface area contributed by atoms with Crippen LogP contribution in [-0.4, -0.2) is 59.0 Å². The summed E-state index contributed by atoms with van der Waals surface area (Å²) in [4.78, 5) is 9.25. The molecule has 2 aliphatic rings. The highest BCUT2D eigenvalue weighted by molar-refractivity contribution is 5.55. The first kappa shape index (κ1) is 15.6. The Morgan fingerprint density at radius 1 is 1.17 bits per heavy atom. The average Bonchev–Trinajstić information content (AvgIpc) is 3.30. The Bertz CT molecular complexity index is 656. The molecule has 1 aromatic carbocycles. The van der Waals surface area contributed by atoms with Gasteiger partial charge in [-0.15, -0.1) is 0 Å². The number of rotatable bonds is 6. The molecule has 0 radical (unpaired) electrons. The van der Waals surface area contributed by atoms with E-state index in [0.29, 0.717) is 17.9 Å². The molecule has 0 spiro atoms. The largest absolute Gasteiger partial charge is 0.396 e. The second-order valence-electron chi connectivity index (χ2n) is 6.82. The van der Waals surface area contributed by atoms with Crippen LogP contribution in [0.1, 0.15) is 19.3 Å². The Balaban J connectivity index is 1.45. The summed E-state index contributed by atoms with van der Waals surface area (Å²) in [5.74, 6) is 1.50. The first-order chi connectivity index (χ1) is 11.8. The number of aromatic nitrogens is 2. The standard InChI is InChI=1S/C18H24N4O2/c23-11-8-16-13-22(10-9-21(16)12-14-6-7-14)18-19-17(20-24-18)15-4-2-1-3-5-15/h1-5,14,16,23H,6-13H2/t16-/m1/s1. The normalized spacial score (nSPS) is 22.0. The topological polar surface area (TPSA) is 65.6 Å². The molecule has 0 unspecified atom stereocenters. The third-order valence-corrected chi connectivity index (χ3v) is 4.97. The van der Waals surface area contributed by atoms with Gasteiger partial charge in [-0.25, -0.2) is 0 Å². The van der Waals surface area contributed by atoms with Crippen molar-refractivity contribution in [1.29, 1.82) is 0 Å². The summed E-state index contributed by atoms with van der Waals surface area (Å²) in [6.07, 6.45) is 3.51. The zero-order valence-corrected chi connectivity index (χ0v) is 13.8. The fourth-order valence-corrected chi connectivity index (χ4v) is 3.41. The van der Waals surface area contributed by atoms with Gasteiger partial charge in [0.05, 0.1) is 0 Å². The second kappa shape index (κ2) is 6.91. The van der Waals surface area contributed by atoms with Crippen molar-refractivity contribution in [1.82, 2.24) is 15.0 Å². The van der Waals surface area contributed by atoms with E-state index >= 15 is 0 Å². The maximum atomic E-state index is 9.40. The summed E-state index contributed by atoms with van der Waals surface area (Å²) in [7, 11) is 0. The number of piperazine rings is 1. The molecule has 128 valence electrons. The van der Waals surface area contributed by atoms with Crippen LogP contribution in [0.3, 0.4) is 0 Å². The molecule has 4 rings (SSSR count). The lowest BCUT2D eigenvalue weighted by Gasteiger charge is -2.40. The van der Waals surface area contributed by atoms with Gasteiger partial charge in [0.2, 0.25) is 5.82 Å². The first-order valence-corrected chi connectivity index (χ1v) is 8.82. The number of aliphatic hydroxyl groups is 1. The van der Waals surface area contributed by atoms with E-state index in [0.717, 1.165) is 44.1 Å². The van der Waals surface area contributed by atoms with Gasteiger partial charge in [-0.3, -0.25) is 4.90 Å². The van der Waals surface area contributed by atoms with Crippen molar-refractivity contribution < 1.29 is 9.63 Å². The van der Waals surface area contributed by atoms with Crippen LogP contribution in [0, 0.1) is 5.92 Å². The highest BCUT2D eigenvalue weighted by Crippen LogP contribution is 2.32. The van der Waals surface area contributed by atoms with E-state index in [9.17, 15) is 5.11 Å². The Morgan fingerprint density at radius 3 is 2.75 bits per heavy atom. The minimum atomic E-state index is 0.221. The molecule has 1 N–H and O–H groups in total. The van der Waals surface area contributed by atoms with E-state index in [2.05, 4.69) is 19.9 Å². The number of hydrogen-bond acceptors (Lipinski definition) is 6. The van der Waals surface area contributed by atoms with Crippen LogP contribution in [0.25, 0.3) is 11.4 Å². The predicted octanol–water partition coefficient (Wildman–Crippen LogP) is 2.02. The number of anilines is 1. The summed E-state index contributed by atoms with van der Waals surface area (Å²) < 4.78 is 5.50. The van der Waals surface area contributed by atoms with Crippen LogP contribution < -0.4 is 4.90 Å². The molecule has 6 nitrogen and oxygen atoms in total. The molecule has 0 bridgehead atoms. The van der Waals surface area contributed by atoms with Crippen LogP contribution in [0.5, 0.6) is 0 Å². The van der Waals surface area contributed by atoms with Gasteiger partial charge in [-0.1, -0.05) is 35.5 Å².